The van der Waals surface area contributed by atoms with Crippen molar-refractivity contribution in [2.45, 2.75) is 69.6 Å². The standard InChI is InChI=1S/C25H31N3O4/c1-16-7-20(13-26)28(14-16)22(29)21(27-32-23(30)19-5-3-2-4-6-19)24-9-17-8-18(10-24)12-25(31,11-17)15-24/h2-6,16-18,20-21,27,31H,7-12,14-15H2,1H3/t16-,17?,18?,20-,21+,24?,25?/m0/s1. The number of benzene rings is 1. The van der Waals surface area contributed by atoms with Crippen molar-refractivity contribution in [3.63, 3.8) is 0 Å². The molecule has 1 aromatic carbocycles. The second-order valence-corrected chi connectivity index (χ2v) is 10.8. The highest BCUT2D eigenvalue weighted by Crippen LogP contribution is 2.63. The topological polar surface area (TPSA) is 103 Å². The number of aliphatic hydroxyl groups is 1. The van der Waals surface area contributed by atoms with Crippen LogP contribution in [0.1, 0.15) is 62.2 Å². The molecule has 4 saturated carbocycles. The molecule has 5 aliphatic rings. The number of hydroxylamine groups is 1. The minimum absolute atomic E-state index is 0.188. The summed E-state index contributed by atoms with van der Waals surface area (Å²) in [7, 11) is 0. The van der Waals surface area contributed by atoms with Crippen molar-refractivity contribution in [3.8, 4) is 6.07 Å². The van der Waals surface area contributed by atoms with Gasteiger partial charge in [0, 0.05) is 12.0 Å². The van der Waals surface area contributed by atoms with Crippen LogP contribution < -0.4 is 5.48 Å². The number of nitrogens with zero attached hydrogens (tertiary/aromatic N) is 2. The molecule has 4 bridgehead atoms. The number of amides is 1. The second-order valence-electron chi connectivity index (χ2n) is 10.8. The molecule has 0 radical (unpaired) electrons. The van der Waals surface area contributed by atoms with Crippen LogP contribution >= 0.6 is 0 Å². The van der Waals surface area contributed by atoms with Crippen molar-refractivity contribution >= 4 is 11.9 Å². The number of nitriles is 1. The zero-order valence-electron chi connectivity index (χ0n) is 18.5. The minimum atomic E-state index is -0.770. The predicted molar refractivity (Wildman–Crippen MR) is 116 cm³/mol. The molecule has 1 aromatic rings. The minimum Gasteiger partial charge on any atom is -0.390 e. The molecule has 7 heteroatoms. The van der Waals surface area contributed by atoms with E-state index in [0.29, 0.717) is 36.8 Å². The van der Waals surface area contributed by atoms with E-state index in [0.717, 1.165) is 32.1 Å². The van der Waals surface area contributed by atoms with Crippen molar-refractivity contribution < 1.29 is 19.5 Å². The molecular formula is C25H31N3O4. The largest absolute Gasteiger partial charge is 0.390 e. The average Bonchev–Trinajstić information content (AvgIpc) is 3.13. The van der Waals surface area contributed by atoms with Gasteiger partial charge in [-0.25, -0.2) is 4.79 Å². The molecule has 32 heavy (non-hydrogen) atoms. The van der Waals surface area contributed by atoms with E-state index in [2.05, 4.69) is 11.5 Å². The first-order valence-corrected chi connectivity index (χ1v) is 11.8. The zero-order chi connectivity index (χ0) is 22.5. The molecule has 6 rings (SSSR count). The lowest BCUT2D eigenvalue weighted by Crippen LogP contribution is -2.65. The molecule has 0 spiro atoms. The molecule has 2 unspecified atom stereocenters. The zero-order valence-corrected chi connectivity index (χ0v) is 18.5. The molecule has 0 aromatic heterocycles. The van der Waals surface area contributed by atoms with Gasteiger partial charge >= 0.3 is 5.97 Å². The maximum atomic E-state index is 13.9. The van der Waals surface area contributed by atoms with E-state index in [9.17, 15) is 20.0 Å². The molecule has 1 amide bonds. The Bertz CT molecular complexity index is 928. The highest BCUT2D eigenvalue weighted by atomic mass is 16.7. The summed E-state index contributed by atoms with van der Waals surface area (Å²) in [6, 6.07) is 9.72. The van der Waals surface area contributed by atoms with Gasteiger partial charge in [-0.05, 0) is 74.8 Å². The second kappa shape index (κ2) is 7.86. The number of carbonyl (C=O) groups is 2. The molecule has 5 atom stereocenters. The van der Waals surface area contributed by atoms with Crippen LogP contribution in [-0.4, -0.2) is 46.1 Å². The van der Waals surface area contributed by atoms with Gasteiger partial charge < -0.3 is 14.8 Å². The van der Waals surface area contributed by atoms with Crippen molar-refractivity contribution in [1.82, 2.24) is 10.4 Å². The van der Waals surface area contributed by atoms with Crippen molar-refractivity contribution in [3.05, 3.63) is 35.9 Å². The summed E-state index contributed by atoms with van der Waals surface area (Å²) in [6.45, 7) is 2.57. The maximum absolute atomic E-state index is 13.9. The Labute approximate surface area is 188 Å². The Morgan fingerprint density at radius 3 is 2.50 bits per heavy atom. The van der Waals surface area contributed by atoms with Crippen LogP contribution in [0, 0.1) is 34.5 Å². The number of hydrogen-bond donors (Lipinski definition) is 2. The van der Waals surface area contributed by atoms with Crippen LogP contribution in [-0.2, 0) is 9.63 Å². The maximum Gasteiger partial charge on any atom is 0.356 e. The van der Waals surface area contributed by atoms with Gasteiger partial charge in [0.15, 0.2) is 0 Å². The molecule has 7 nitrogen and oxygen atoms in total. The smallest absolute Gasteiger partial charge is 0.356 e. The first-order chi connectivity index (χ1) is 15.3. The fourth-order valence-corrected chi connectivity index (χ4v) is 7.38. The van der Waals surface area contributed by atoms with Crippen LogP contribution in [0.25, 0.3) is 0 Å². The van der Waals surface area contributed by atoms with E-state index in [1.54, 1.807) is 29.2 Å². The lowest BCUT2D eigenvalue weighted by molar-refractivity contribution is -0.188. The van der Waals surface area contributed by atoms with Gasteiger partial charge in [0.25, 0.3) is 0 Å². The van der Waals surface area contributed by atoms with Crippen molar-refractivity contribution in [2.24, 2.45) is 23.2 Å². The van der Waals surface area contributed by atoms with Gasteiger partial charge in [0.2, 0.25) is 5.91 Å². The van der Waals surface area contributed by atoms with Crippen LogP contribution in [0.5, 0.6) is 0 Å². The van der Waals surface area contributed by atoms with Gasteiger partial charge in [0.1, 0.15) is 12.1 Å². The molecular weight excluding hydrogens is 406 g/mol. The highest BCUT2D eigenvalue weighted by molar-refractivity contribution is 5.89. The quantitative estimate of drug-likeness (QED) is 0.687. The SMILES string of the molecule is C[C@H]1C[C@@H](C#N)N(C(=O)[C@@H](NOC(=O)c2ccccc2)C23CC4CC(CC(O)(C4)C2)C3)C1. The van der Waals surface area contributed by atoms with E-state index in [1.807, 2.05) is 13.0 Å². The summed E-state index contributed by atoms with van der Waals surface area (Å²) in [5.74, 6) is 0.280. The van der Waals surface area contributed by atoms with E-state index in [-0.39, 0.29) is 11.8 Å². The third kappa shape index (κ3) is 3.70. The fourth-order valence-electron chi connectivity index (χ4n) is 7.38. The molecule has 5 fully saturated rings. The fraction of sp³-hybridized carbons (Fsp3) is 0.640. The van der Waals surface area contributed by atoms with Gasteiger partial charge in [-0.15, -0.1) is 5.48 Å². The number of likely N-dealkylation sites (tertiary alicyclic amines) is 1. The van der Waals surface area contributed by atoms with E-state index >= 15 is 0 Å². The van der Waals surface area contributed by atoms with Gasteiger partial charge in [-0.1, -0.05) is 25.1 Å². The van der Waals surface area contributed by atoms with Crippen LogP contribution in [0.4, 0.5) is 0 Å². The predicted octanol–water partition coefficient (Wildman–Crippen LogP) is 2.81. The third-order valence-corrected chi connectivity index (χ3v) is 8.16. The summed E-state index contributed by atoms with van der Waals surface area (Å²) < 4.78 is 0. The number of carbonyl (C=O) groups excluding carboxylic acids is 2. The van der Waals surface area contributed by atoms with Gasteiger partial charge in [-0.2, -0.15) is 5.26 Å². The van der Waals surface area contributed by atoms with Crippen LogP contribution in [0.3, 0.4) is 0 Å². The summed E-state index contributed by atoms with van der Waals surface area (Å²) in [5.41, 5.74) is 2.05. The Kier molecular flexibility index (Phi) is 5.26. The highest BCUT2D eigenvalue weighted by Gasteiger charge is 2.62. The Hall–Kier alpha value is -2.43. The first kappa shape index (κ1) is 21.4. The molecule has 4 aliphatic carbocycles. The Morgan fingerprint density at radius 2 is 1.88 bits per heavy atom. The lowest BCUT2D eigenvalue weighted by atomic mass is 9.46. The summed E-state index contributed by atoms with van der Waals surface area (Å²) in [6.07, 6.45) is 5.52. The van der Waals surface area contributed by atoms with Crippen LogP contribution in [0.15, 0.2) is 30.3 Å². The third-order valence-electron chi connectivity index (χ3n) is 8.16. The Balaban J connectivity index is 1.43. The van der Waals surface area contributed by atoms with Crippen molar-refractivity contribution in [2.75, 3.05) is 6.54 Å². The van der Waals surface area contributed by atoms with Crippen molar-refractivity contribution in [1.29, 1.82) is 5.26 Å². The summed E-state index contributed by atoms with van der Waals surface area (Å²) >= 11 is 0. The summed E-state index contributed by atoms with van der Waals surface area (Å²) in [5, 5.41) is 20.9. The monoisotopic (exact) mass is 437 g/mol. The van der Waals surface area contributed by atoms with E-state index < -0.39 is 29.1 Å². The first-order valence-electron chi connectivity index (χ1n) is 11.8. The van der Waals surface area contributed by atoms with E-state index in [4.69, 9.17) is 4.84 Å². The molecule has 2 N–H and O–H groups in total. The molecule has 1 aliphatic heterocycles. The summed E-state index contributed by atoms with van der Waals surface area (Å²) in [4.78, 5) is 33.7. The van der Waals surface area contributed by atoms with E-state index in [1.165, 1.54) is 0 Å². The number of hydrogen-bond acceptors (Lipinski definition) is 6. The molecule has 1 heterocycles. The van der Waals surface area contributed by atoms with Gasteiger partial charge in [-0.3, -0.25) is 4.79 Å². The molecule has 1 saturated heterocycles. The number of nitrogens with one attached hydrogen (secondary N) is 1. The molecule has 170 valence electrons. The average molecular weight is 438 g/mol. The number of rotatable bonds is 5. The van der Waals surface area contributed by atoms with Gasteiger partial charge in [0.05, 0.1) is 17.2 Å². The van der Waals surface area contributed by atoms with Crippen LogP contribution in [0.2, 0.25) is 0 Å². The Morgan fingerprint density at radius 1 is 1.19 bits per heavy atom. The normalized spacial score (nSPS) is 38.3. The lowest BCUT2D eigenvalue weighted by Gasteiger charge is -2.62.